The molecule has 4 nitrogen and oxygen atoms in total. The average Bonchev–Trinajstić information content (AvgIpc) is 3.17. The Morgan fingerprint density at radius 2 is 1.51 bits per heavy atom. The van der Waals surface area contributed by atoms with Gasteiger partial charge >= 0.3 is 6.09 Å². The summed E-state index contributed by atoms with van der Waals surface area (Å²) in [6.45, 7) is 4.52. The minimum atomic E-state index is -0.895. The first kappa shape index (κ1) is 22.4. The van der Waals surface area contributed by atoms with Crippen molar-refractivity contribution in [3.8, 4) is 11.1 Å². The van der Waals surface area contributed by atoms with Gasteiger partial charge < -0.3 is 14.7 Å². The van der Waals surface area contributed by atoms with E-state index in [1.807, 2.05) is 4.90 Å². The third-order valence-corrected chi connectivity index (χ3v) is 8.60. The smallest absolute Gasteiger partial charge is 0.410 e. The van der Waals surface area contributed by atoms with Gasteiger partial charge in [0.1, 0.15) is 6.61 Å². The lowest BCUT2D eigenvalue weighted by atomic mass is 9.72. The molecule has 35 heavy (non-hydrogen) atoms. The SMILES string of the molecule is Cc1ccc(C2(O)CC3CCCC(C2)N3C(=O)OCC2c3ccccc3-c3ccccc32)cc1C. The van der Waals surface area contributed by atoms with Gasteiger partial charge in [0.2, 0.25) is 0 Å². The van der Waals surface area contributed by atoms with Crippen molar-refractivity contribution in [2.45, 2.75) is 69.6 Å². The normalized spacial score (nSPS) is 25.2. The highest BCUT2D eigenvalue weighted by atomic mass is 16.6. The first-order valence-corrected chi connectivity index (χ1v) is 12.9. The van der Waals surface area contributed by atoms with Crippen LogP contribution >= 0.6 is 0 Å². The molecule has 1 aliphatic carbocycles. The molecule has 0 aromatic heterocycles. The molecular formula is C31H33NO3. The van der Waals surface area contributed by atoms with Crippen LogP contribution in [0.25, 0.3) is 11.1 Å². The van der Waals surface area contributed by atoms with Gasteiger partial charge in [-0.2, -0.15) is 0 Å². The lowest BCUT2D eigenvalue weighted by molar-refractivity contribution is -0.0891. The fourth-order valence-electron chi connectivity index (χ4n) is 6.66. The highest BCUT2D eigenvalue weighted by molar-refractivity contribution is 5.79. The Hall–Kier alpha value is -3.11. The van der Waals surface area contributed by atoms with E-state index in [2.05, 4.69) is 80.6 Å². The molecule has 4 heteroatoms. The van der Waals surface area contributed by atoms with Gasteiger partial charge in [0.05, 0.1) is 5.60 Å². The molecule has 2 aliphatic heterocycles. The summed E-state index contributed by atoms with van der Waals surface area (Å²) in [5.74, 6) is 0.0587. The van der Waals surface area contributed by atoms with E-state index in [1.54, 1.807) is 0 Å². The predicted molar refractivity (Wildman–Crippen MR) is 137 cm³/mol. The van der Waals surface area contributed by atoms with Gasteiger partial charge in [-0.1, -0.05) is 66.7 Å². The van der Waals surface area contributed by atoms with Crippen LogP contribution in [0.1, 0.15) is 65.8 Å². The second-order valence-corrected chi connectivity index (χ2v) is 10.7. The molecule has 0 saturated carbocycles. The number of ether oxygens (including phenoxy) is 1. The highest BCUT2D eigenvalue weighted by Gasteiger charge is 2.49. The molecule has 6 rings (SSSR count). The van der Waals surface area contributed by atoms with Gasteiger partial charge in [-0.3, -0.25) is 0 Å². The van der Waals surface area contributed by atoms with Crippen LogP contribution in [0, 0.1) is 13.8 Å². The van der Waals surface area contributed by atoms with E-state index < -0.39 is 5.60 Å². The zero-order chi connectivity index (χ0) is 24.2. The van der Waals surface area contributed by atoms with Crippen LogP contribution in [0.5, 0.6) is 0 Å². The van der Waals surface area contributed by atoms with Gasteiger partial charge in [-0.25, -0.2) is 4.79 Å². The number of fused-ring (bicyclic) bond motifs is 5. The second-order valence-electron chi connectivity index (χ2n) is 10.7. The first-order valence-electron chi connectivity index (χ1n) is 12.9. The number of amides is 1. The van der Waals surface area contributed by atoms with Gasteiger partial charge in [-0.05, 0) is 72.1 Å². The number of piperidine rings is 2. The largest absolute Gasteiger partial charge is 0.448 e. The molecule has 3 aromatic carbocycles. The number of hydrogen-bond acceptors (Lipinski definition) is 3. The minimum absolute atomic E-state index is 0.00441. The molecule has 2 fully saturated rings. The molecular weight excluding hydrogens is 434 g/mol. The van der Waals surface area contributed by atoms with E-state index in [0.717, 1.165) is 24.8 Å². The van der Waals surface area contributed by atoms with Crippen LogP contribution in [-0.2, 0) is 10.3 Å². The molecule has 2 saturated heterocycles. The van der Waals surface area contributed by atoms with Crippen molar-refractivity contribution in [3.63, 3.8) is 0 Å². The summed E-state index contributed by atoms with van der Waals surface area (Å²) in [4.78, 5) is 15.4. The Bertz CT molecular complexity index is 1220. The van der Waals surface area contributed by atoms with Crippen LogP contribution in [0.4, 0.5) is 4.79 Å². The third kappa shape index (κ3) is 3.75. The molecule has 180 valence electrons. The standard InChI is InChI=1S/C31H33NO3/c1-20-14-15-22(16-21(20)2)31(34)17-23-8-7-9-24(18-31)32(23)30(33)35-19-29-27-12-5-3-10-25(27)26-11-4-6-13-28(26)29/h3-6,10-16,23-24,29,34H,7-9,17-19H2,1-2H3. The van der Waals surface area contributed by atoms with E-state index >= 15 is 0 Å². The van der Waals surface area contributed by atoms with Crippen molar-refractivity contribution >= 4 is 6.09 Å². The summed E-state index contributed by atoms with van der Waals surface area (Å²) < 4.78 is 6.03. The fourth-order valence-corrected chi connectivity index (χ4v) is 6.66. The molecule has 3 aromatic rings. The molecule has 1 N–H and O–H groups in total. The molecule has 0 radical (unpaired) electrons. The predicted octanol–water partition coefficient (Wildman–Crippen LogP) is 6.46. The second kappa shape index (κ2) is 8.53. The zero-order valence-corrected chi connectivity index (χ0v) is 20.5. The number of carbonyl (C=O) groups is 1. The van der Waals surface area contributed by atoms with Crippen LogP contribution in [0.2, 0.25) is 0 Å². The average molecular weight is 468 g/mol. The van der Waals surface area contributed by atoms with Gasteiger partial charge in [0.25, 0.3) is 0 Å². The van der Waals surface area contributed by atoms with Gasteiger partial charge in [-0.15, -0.1) is 0 Å². The maximum atomic E-state index is 13.5. The van der Waals surface area contributed by atoms with Crippen molar-refractivity contribution in [2.75, 3.05) is 6.61 Å². The molecule has 3 aliphatic rings. The summed E-state index contributed by atoms with van der Waals surface area (Å²) in [5, 5.41) is 11.7. The first-order chi connectivity index (χ1) is 16.9. The summed E-state index contributed by atoms with van der Waals surface area (Å²) in [5.41, 5.74) is 7.43. The van der Waals surface area contributed by atoms with Gasteiger partial charge in [0.15, 0.2) is 0 Å². The molecule has 2 atom stereocenters. The fraction of sp³-hybridized carbons (Fsp3) is 0.387. The van der Waals surface area contributed by atoms with Crippen molar-refractivity contribution in [1.82, 2.24) is 4.90 Å². The molecule has 2 heterocycles. The Morgan fingerprint density at radius 1 is 0.914 bits per heavy atom. The van der Waals surface area contributed by atoms with Crippen LogP contribution in [0.15, 0.2) is 66.7 Å². The van der Waals surface area contributed by atoms with E-state index in [-0.39, 0.29) is 24.1 Å². The monoisotopic (exact) mass is 467 g/mol. The van der Waals surface area contributed by atoms with Crippen molar-refractivity contribution < 1.29 is 14.6 Å². The minimum Gasteiger partial charge on any atom is -0.448 e. The summed E-state index contributed by atoms with van der Waals surface area (Å²) >= 11 is 0. The van der Waals surface area contributed by atoms with E-state index in [9.17, 15) is 9.90 Å². The lowest BCUT2D eigenvalue weighted by Crippen LogP contribution is -2.59. The number of nitrogens with zero attached hydrogens (tertiary/aromatic N) is 1. The Labute approximate surface area is 207 Å². The zero-order valence-electron chi connectivity index (χ0n) is 20.5. The third-order valence-electron chi connectivity index (χ3n) is 8.60. The van der Waals surface area contributed by atoms with Gasteiger partial charge in [0, 0.05) is 30.8 Å². The molecule has 2 bridgehead atoms. The Morgan fingerprint density at radius 3 is 2.11 bits per heavy atom. The molecule has 1 amide bonds. The van der Waals surface area contributed by atoms with E-state index in [1.165, 1.54) is 33.4 Å². The number of aliphatic hydroxyl groups is 1. The number of aryl methyl sites for hydroxylation is 2. The van der Waals surface area contributed by atoms with E-state index in [0.29, 0.717) is 19.4 Å². The highest BCUT2D eigenvalue weighted by Crippen LogP contribution is 2.46. The number of hydrogen-bond donors (Lipinski definition) is 1. The molecule has 2 unspecified atom stereocenters. The number of benzene rings is 3. The van der Waals surface area contributed by atoms with Crippen LogP contribution < -0.4 is 0 Å². The Kier molecular flexibility index (Phi) is 5.45. The lowest BCUT2D eigenvalue weighted by Gasteiger charge is -2.51. The topological polar surface area (TPSA) is 49.8 Å². The van der Waals surface area contributed by atoms with Crippen LogP contribution in [-0.4, -0.2) is 34.8 Å². The van der Waals surface area contributed by atoms with Crippen molar-refractivity contribution in [3.05, 3.63) is 94.5 Å². The maximum absolute atomic E-state index is 13.5. The number of carbonyl (C=O) groups excluding carboxylic acids is 1. The maximum Gasteiger partial charge on any atom is 0.410 e. The number of rotatable bonds is 3. The van der Waals surface area contributed by atoms with E-state index in [4.69, 9.17) is 4.74 Å². The Balaban J connectivity index is 1.21. The summed E-state index contributed by atoms with van der Waals surface area (Å²) in [6.07, 6.45) is 3.81. The van der Waals surface area contributed by atoms with Crippen molar-refractivity contribution in [1.29, 1.82) is 0 Å². The molecule has 0 spiro atoms. The quantitative estimate of drug-likeness (QED) is 0.481. The summed E-state index contributed by atoms with van der Waals surface area (Å²) in [7, 11) is 0. The summed E-state index contributed by atoms with van der Waals surface area (Å²) in [6, 6.07) is 23.1. The van der Waals surface area contributed by atoms with Crippen LogP contribution in [0.3, 0.4) is 0 Å². The van der Waals surface area contributed by atoms with Crippen molar-refractivity contribution in [2.24, 2.45) is 0 Å².